The highest BCUT2D eigenvalue weighted by molar-refractivity contribution is 7.39. The van der Waals surface area contributed by atoms with E-state index in [9.17, 15) is 9.79 Å². The monoisotopic (exact) mass is 638 g/mol. The van der Waals surface area contributed by atoms with Gasteiger partial charge in [0.25, 0.3) is 0 Å². The molecule has 3 nitrogen and oxygen atoms in total. The quantitative estimate of drug-likeness (QED) is 0.191. The zero-order chi connectivity index (χ0) is 34.2. The third-order valence-electron chi connectivity index (χ3n) is 12.3. The molecule has 1 unspecified atom stereocenters. The van der Waals surface area contributed by atoms with Gasteiger partial charge in [-0.25, -0.2) is 0 Å². The number of hydrogen-bond acceptors (Lipinski definition) is 3. The Morgan fingerprint density at radius 1 is 0.667 bits per heavy atom. The molecule has 1 aliphatic carbocycles. The van der Waals surface area contributed by atoms with Crippen LogP contribution in [0.2, 0.25) is 0 Å². The van der Waals surface area contributed by atoms with E-state index in [0.717, 1.165) is 57.8 Å². The Labute approximate surface area is 279 Å². The first-order valence-electron chi connectivity index (χ1n) is 18.1. The number of fused-ring (bicyclic) bond motifs is 2. The predicted molar refractivity (Wildman–Crippen MR) is 195 cm³/mol. The highest BCUT2D eigenvalue weighted by atomic mass is 31.2. The maximum absolute atomic E-state index is 11.0. The fourth-order valence-corrected chi connectivity index (χ4v) is 7.97. The van der Waals surface area contributed by atoms with Crippen LogP contribution < -0.4 is 0 Å². The van der Waals surface area contributed by atoms with E-state index in [0.29, 0.717) is 0 Å². The molecule has 0 spiro atoms. The Morgan fingerprint density at radius 3 is 1.38 bits per heavy atom. The van der Waals surface area contributed by atoms with Crippen LogP contribution in [-0.2, 0) is 38.2 Å². The summed E-state index contributed by atoms with van der Waals surface area (Å²) in [7, 11) is -2.65. The molecule has 0 bridgehead atoms. The van der Waals surface area contributed by atoms with Gasteiger partial charge in [0.2, 0.25) is 0 Å². The van der Waals surface area contributed by atoms with Crippen molar-refractivity contribution in [1.29, 1.82) is 0 Å². The van der Waals surface area contributed by atoms with Gasteiger partial charge in [0, 0.05) is 0 Å². The number of rotatable bonds is 15. The van der Waals surface area contributed by atoms with Gasteiger partial charge in [-0.05, 0) is 117 Å². The summed E-state index contributed by atoms with van der Waals surface area (Å²) in [5.74, 6) is 0.0902. The molecule has 3 rings (SSSR count). The largest absolute Gasteiger partial charge is 0.328 e. The highest BCUT2D eigenvalue weighted by Crippen LogP contribution is 2.60. The lowest BCUT2D eigenvalue weighted by atomic mass is 9.58. The van der Waals surface area contributed by atoms with Crippen LogP contribution in [0.3, 0.4) is 0 Å². The van der Waals surface area contributed by atoms with Crippen molar-refractivity contribution in [3.63, 3.8) is 0 Å². The van der Waals surface area contributed by atoms with Crippen LogP contribution in [0, 0.1) is 5.92 Å². The Bertz CT molecular complexity index is 1230. The maximum atomic E-state index is 11.0. The zero-order valence-electron chi connectivity index (χ0n) is 31.5. The molecular formula is C41H67O3P. The highest BCUT2D eigenvalue weighted by Gasteiger charge is 2.53. The molecule has 0 saturated carbocycles. The van der Waals surface area contributed by atoms with Gasteiger partial charge in [-0.15, -0.1) is 0 Å². The molecule has 1 atom stereocenters. The molecule has 0 radical (unpaired) electrons. The van der Waals surface area contributed by atoms with Crippen molar-refractivity contribution >= 4 is 8.60 Å². The first-order chi connectivity index (χ1) is 20.8. The van der Waals surface area contributed by atoms with Gasteiger partial charge in [-0.2, -0.15) is 0 Å². The molecule has 254 valence electrons. The summed E-state index contributed by atoms with van der Waals surface area (Å²) in [5, 5.41) is 0. The first-order valence-corrected chi connectivity index (χ1v) is 19.2. The van der Waals surface area contributed by atoms with E-state index < -0.39 is 14.2 Å². The lowest BCUT2D eigenvalue weighted by Crippen LogP contribution is -2.46. The zero-order valence-corrected chi connectivity index (χ0v) is 32.4. The van der Waals surface area contributed by atoms with Crippen molar-refractivity contribution in [2.75, 3.05) is 0 Å². The number of benzene rings is 2. The van der Waals surface area contributed by atoms with Crippen molar-refractivity contribution in [1.82, 2.24) is 0 Å². The average Bonchev–Trinajstić information content (AvgIpc) is 2.99. The van der Waals surface area contributed by atoms with E-state index in [4.69, 9.17) is 4.52 Å². The van der Waals surface area contributed by atoms with Gasteiger partial charge >= 0.3 is 8.60 Å². The Hall–Kier alpha value is -1.25. The van der Waals surface area contributed by atoms with Crippen LogP contribution in [0.4, 0.5) is 0 Å². The second-order valence-corrected chi connectivity index (χ2v) is 17.3. The summed E-state index contributed by atoms with van der Waals surface area (Å²) >= 11 is 0. The van der Waals surface area contributed by atoms with Crippen LogP contribution in [0.25, 0.3) is 0 Å². The molecule has 4 heteroatoms. The predicted octanol–water partition coefficient (Wildman–Crippen LogP) is 12.0. The van der Waals surface area contributed by atoms with E-state index in [1.54, 1.807) is 0 Å². The Morgan fingerprint density at radius 2 is 1.07 bits per heavy atom. The molecule has 0 aliphatic heterocycles. The second kappa shape index (κ2) is 14.1. The number of unbranched alkanes of at least 4 members (excludes halogenated alkanes) is 1. The molecule has 1 aliphatic rings. The molecule has 2 aromatic rings. The minimum absolute atomic E-state index is 0.0196. The van der Waals surface area contributed by atoms with Crippen molar-refractivity contribution in [2.24, 2.45) is 5.92 Å². The van der Waals surface area contributed by atoms with Gasteiger partial charge in [0.1, 0.15) is 5.60 Å². The summed E-state index contributed by atoms with van der Waals surface area (Å²) in [5.41, 5.74) is 9.22. The van der Waals surface area contributed by atoms with Crippen molar-refractivity contribution in [3.05, 3.63) is 68.8 Å². The molecule has 0 aromatic heterocycles. The van der Waals surface area contributed by atoms with Crippen molar-refractivity contribution < 1.29 is 14.3 Å². The van der Waals surface area contributed by atoms with Crippen LogP contribution in [0.15, 0.2) is 24.3 Å². The van der Waals surface area contributed by atoms with Gasteiger partial charge in [-0.3, -0.25) is 4.52 Å². The van der Waals surface area contributed by atoms with Crippen molar-refractivity contribution in [3.8, 4) is 0 Å². The van der Waals surface area contributed by atoms with Gasteiger partial charge in [0.15, 0.2) is 0 Å². The Kier molecular flexibility index (Phi) is 12.0. The third-order valence-corrected chi connectivity index (χ3v) is 12.8. The summed E-state index contributed by atoms with van der Waals surface area (Å²) < 4.78 is 6.92. The maximum Gasteiger partial charge on any atom is 0.328 e. The van der Waals surface area contributed by atoms with Crippen LogP contribution in [-0.4, -0.2) is 9.79 Å². The van der Waals surface area contributed by atoms with E-state index in [1.807, 2.05) is 0 Å². The SMILES string of the molecule is CCCCC(CC)C1(OP(O)O)c2c(cc(C(C)(C)CC)cc2C(C)(C)CC)Cc2cc(C(C)(C)CC)cc(C(C)(C)CC)c21. The summed E-state index contributed by atoms with van der Waals surface area (Å²) in [6.07, 6.45) is 8.91. The lowest BCUT2D eigenvalue weighted by molar-refractivity contribution is 0.0173. The van der Waals surface area contributed by atoms with Gasteiger partial charge in [-0.1, -0.05) is 134 Å². The average molecular weight is 639 g/mol. The second-order valence-electron chi connectivity index (χ2n) is 16.6. The number of hydrogen-bond donors (Lipinski definition) is 2. The molecule has 0 saturated heterocycles. The topological polar surface area (TPSA) is 49.7 Å². The summed E-state index contributed by atoms with van der Waals surface area (Å²) in [6.45, 7) is 32.6. The Balaban J connectivity index is 2.75. The van der Waals surface area contributed by atoms with Gasteiger partial charge < -0.3 is 9.79 Å². The molecule has 2 aromatic carbocycles. The smallest absolute Gasteiger partial charge is 0.328 e. The third kappa shape index (κ3) is 7.13. The standard InChI is InChI=1S/C41H67O3P/c1-15-21-22-30(16-2)41(44-45(42)43)35-28(24-31(37(7,8)17-3)26-33(35)39(11,12)19-5)23-29-25-32(38(9,10)18-4)27-34(36(29)41)40(13,14)20-6/h24-27,30,42-43H,15-23H2,1-14H3. The normalized spacial score (nSPS) is 16.1. The van der Waals surface area contributed by atoms with Crippen LogP contribution in [0.1, 0.15) is 193 Å². The van der Waals surface area contributed by atoms with E-state index in [1.165, 1.54) is 44.5 Å². The van der Waals surface area contributed by atoms with Gasteiger partial charge in [0.05, 0.1) is 0 Å². The van der Waals surface area contributed by atoms with Crippen LogP contribution in [0.5, 0.6) is 0 Å². The summed E-state index contributed by atoms with van der Waals surface area (Å²) in [4.78, 5) is 22.1. The molecule has 0 fully saturated rings. The molecule has 2 N–H and O–H groups in total. The minimum Gasteiger partial charge on any atom is -0.328 e. The van der Waals surface area contributed by atoms with Crippen molar-refractivity contribution in [2.45, 2.75) is 182 Å². The minimum atomic E-state index is -2.65. The molecule has 45 heavy (non-hydrogen) atoms. The van der Waals surface area contributed by atoms with E-state index >= 15 is 0 Å². The molecule has 0 heterocycles. The molecule has 0 amide bonds. The van der Waals surface area contributed by atoms with E-state index in [-0.39, 0.29) is 27.6 Å². The fourth-order valence-electron chi connectivity index (χ4n) is 7.38. The van der Waals surface area contributed by atoms with Crippen LogP contribution >= 0.6 is 8.60 Å². The lowest BCUT2D eigenvalue weighted by Gasteiger charge is -2.51. The first kappa shape index (κ1) is 38.2. The summed E-state index contributed by atoms with van der Waals surface area (Å²) in [6, 6.07) is 9.86. The molecular weight excluding hydrogens is 571 g/mol. The fraction of sp³-hybridized carbons (Fsp3) is 0.707. The van der Waals surface area contributed by atoms with E-state index in [2.05, 4.69) is 121 Å².